The van der Waals surface area contributed by atoms with E-state index in [4.69, 9.17) is 10.2 Å². The lowest BCUT2D eigenvalue weighted by Gasteiger charge is -2.29. The van der Waals surface area contributed by atoms with Gasteiger partial charge >= 0.3 is 0 Å². The summed E-state index contributed by atoms with van der Waals surface area (Å²) in [5.74, 6) is 1.45. The second kappa shape index (κ2) is 5.36. The van der Waals surface area contributed by atoms with Gasteiger partial charge in [0.2, 0.25) is 5.91 Å². The van der Waals surface area contributed by atoms with Gasteiger partial charge in [-0.1, -0.05) is 27.7 Å². The molecule has 0 spiro atoms. The molecular weight excluding hydrogens is 216 g/mol. The van der Waals surface area contributed by atoms with E-state index in [1.807, 2.05) is 19.1 Å². The van der Waals surface area contributed by atoms with E-state index in [0.717, 1.165) is 17.9 Å². The molecule has 0 bridgehead atoms. The zero-order valence-corrected chi connectivity index (χ0v) is 11.0. The number of hydrogen-bond donors (Lipinski definition) is 2. The van der Waals surface area contributed by atoms with Crippen LogP contribution in [-0.2, 0) is 11.2 Å². The highest BCUT2D eigenvalue weighted by molar-refractivity contribution is 5.75. The van der Waals surface area contributed by atoms with E-state index < -0.39 is 0 Å². The smallest absolute Gasteiger partial charge is 0.231 e. The zero-order valence-electron chi connectivity index (χ0n) is 11.0. The molecule has 17 heavy (non-hydrogen) atoms. The van der Waals surface area contributed by atoms with Gasteiger partial charge in [-0.05, 0) is 17.5 Å². The van der Waals surface area contributed by atoms with Crippen molar-refractivity contribution in [2.75, 3.05) is 6.54 Å². The van der Waals surface area contributed by atoms with Gasteiger partial charge in [0.1, 0.15) is 11.5 Å². The minimum absolute atomic E-state index is 0.0182. The van der Waals surface area contributed by atoms with E-state index in [0.29, 0.717) is 0 Å². The number of primary amides is 1. The van der Waals surface area contributed by atoms with Crippen molar-refractivity contribution in [3.8, 4) is 0 Å². The molecule has 4 heteroatoms. The summed E-state index contributed by atoms with van der Waals surface area (Å²) in [6, 6.07) is 3.92. The number of rotatable bonds is 5. The van der Waals surface area contributed by atoms with Crippen molar-refractivity contribution in [1.82, 2.24) is 5.32 Å². The van der Waals surface area contributed by atoms with E-state index in [2.05, 4.69) is 26.1 Å². The maximum Gasteiger partial charge on any atom is 0.231 e. The van der Waals surface area contributed by atoms with Gasteiger partial charge in [0.25, 0.3) is 0 Å². The Morgan fingerprint density at radius 1 is 1.47 bits per heavy atom. The molecule has 0 aliphatic carbocycles. The van der Waals surface area contributed by atoms with Gasteiger partial charge in [0, 0.05) is 6.42 Å². The molecular formula is C13H22N2O2. The third-order valence-electron chi connectivity index (χ3n) is 2.66. The molecule has 1 atom stereocenters. The normalized spacial score (nSPS) is 13.6. The van der Waals surface area contributed by atoms with Crippen LogP contribution in [-0.4, -0.2) is 12.5 Å². The Morgan fingerprint density at radius 3 is 2.53 bits per heavy atom. The van der Waals surface area contributed by atoms with Crippen LogP contribution in [0.1, 0.15) is 45.3 Å². The summed E-state index contributed by atoms with van der Waals surface area (Å²) < 4.78 is 5.74. The number of furan rings is 1. The SMILES string of the molecule is CCc1ccc([C@@H](NCC(N)=O)C(C)(C)C)o1. The van der Waals surface area contributed by atoms with E-state index >= 15 is 0 Å². The number of carbonyl (C=O) groups is 1. The van der Waals surface area contributed by atoms with Gasteiger partial charge < -0.3 is 10.2 Å². The predicted octanol–water partition coefficient (Wildman–Crippen LogP) is 2.00. The molecule has 0 saturated heterocycles. The first kappa shape index (κ1) is 13.8. The highest BCUT2D eigenvalue weighted by atomic mass is 16.3. The van der Waals surface area contributed by atoms with Crippen LogP contribution >= 0.6 is 0 Å². The average molecular weight is 238 g/mol. The molecule has 0 aliphatic rings. The van der Waals surface area contributed by atoms with Crippen molar-refractivity contribution < 1.29 is 9.21 Å². The molecule has 1 heterocycles. The maximum atomic E-state index is 10.9. The van der Waals surface area contributed by atoms with E-state index in [1.54, 1.807) is 0 Å². The van der Waals surface area contributed by atoms with Crippen LogP contribution in [0.3, 0.4) is 0 Å². The van der Waals surface area contributed by atoms with Crippen LogP contribution in [0.4, 0.5) is 0 Å². The number of carbonyl (C=O) groups excluding carboxylic acids is 1. The maximum absolute atomic E-state index is 10.9. The second-order valence-electron chi connectivity index (χ2n) is 5.30. The minimum atomic E-state index is -0.360. The van der Waals surface area contributed by atoms with Gasteiger partial charge in [0.05, 0.1) is 12.6 Å². The van der Waals surface area contributed by atoms with Gasteiger partial charge in [0.15, 0.2) is 0 Å². The Labute approximate surface area is 103 Å². The summed E-state index contributed by atoms with van der Waals surface area (Å²) in [7, 11) is 0. The lowest BCUT2D eigenvalue weighted by atomic mass is 9.85. The summed E-state index contributed by atoms with van der Waals surface area (Å²) in [5.41, 5.74) is 5.12. The second-order valence-corrected chi connectivity index (χ2v) is 5.30. The molecule has 1 aromatic rings. The predicted molar refractivity (Wildman–Crippen MR) is 67.5 cm³/mol. The zero-order chi connectivity index (χ0) is 13.1. The standard InChI is InChI=1S/C13H22N2O2/c1-5-9-6-7-10(17-9)12(13(2,3)4)15-8-11(14)16/h6-7,12,15H,5,8H2,1-4H3,(H2,14,16)/t12-/m1/s1. The number of aryl methyl sites for hydroxylation is 1. The summed E-state index contributed by atoms with van der Waals surface area (Å²) >= 11 is 0. The van der Waals surface area contributed by atoms with Crippen LogP contribution < -0.4 is 11.1 Å². The Morgan fingerprint density at radius 2 is 2.12 bits per heavy atom. The molecule has 0 aliphatic heterocycles. The topological polar surface area (TPSA) is 68.3 Å². The van der Waals surface area contributed by atoms with Crippen molar-refractivity contribution in [2.24, 2.45) is 11.1 Å². The molecule has 3 N–H and O–H groups in total. The molecule has 1 aromatic heterocycles. The van der Waals surface area contributed by atoms with Crippen LogP contribution in [0.2, 0.25) is 0 Å². The lowest BCUT2D eigenvalue weighted by Crippen LogP contribution is -2.37. The molecule has 1 amide bonds. The third kappa shape index (κ3) is 3.89. The van der Waals surface area contributed by atoms with Crippen LogP contribution in [0.15, 0.2) is 16.5 Å². The highest BCUT2D eigenvalue weighted by Crippen LogP contribution is 2.33. The van der Waals surface area contributed by atoms with Crippen molar-refractivity contribution in [3.63, 3.8) is 0 Å². The molecule has 0 saturated carbocycles. The number of nitrogens with two attached hydrogens (primary N) is 1. The summed E-state index contributed by atoms with van der Waals surface area (Å²) in [5, 5.41) is 3.14. The van der Waals surface area contributed by atoms with Crippen LogP contribution in [0.25, 0.3) is 0 Å². The third-order valence-corrected chi connectivity index (χ3v) is 2.66. The Bertz CT molecular complexity index is 377. The van der Waals surface area contributed by atoms with Gasteiger partial charge in [-0.25, -0.2) is 0 Å². The first-order valence-electron chi connectivity index (χ1n) is 5.95. The molecule has 0 fully saturated rings. The van der Waals surface area contributed by atoms with E-state index in [-0.39, 0.29) is 23.9 Å². The molecule has 96 valence electrons. The fraction of sp³-hybridized carbons (Fsp3) is 0.615. The summed E-state index contributed by atoms with van der Waals surface area (Å²) in [6.45, 7) is 8.50. The molecule has 0 aromatic carbocycles. The molecule has 1 rings (SSSR count). The van der Waals surface area contributed by atoms with Crippen LogP contribution in [0.5, 0.6) is 0 Å². The van der Waals surface area contributed by atoms with E-state index in [1.165, 1.54) is 0 Å². The summed E-state index contributed by atoms with van der Waals surface area (Å²) in [6.07, 6.45) is 0.868. The van der Waals surface area contributed by atoms with Gasteiger partial charge in [-0.2, -0.15) is 0 Å². The fourth-order valence-corrected chi connectivity index (χ4v) is 1.78. The van der Waals surface area contributed by atoms with Gasteiger partial charge in [-0.15, -0.1) is 0 Å². The number of hydrogen-bond acceptors (Lipinski definition) is 3. The number of nitrogens with one attached hydrogen (secondary N) is 1. The molecule has 0 radical (unpaired) electrons. The first-order chi connectivity index (χ1) is 7.84. The largest absolute Gasteiger partial charge is 0.464 e. The Kier molecular flexibility index (Phi) is 4.34. The Balaban J connectivity index is 2.86. The van der Waals surface area contributed by atoms with Crippen molar-refractivity contribution in [1.29, 1.82) is 0 Å². The van der Waals surface area contributed by atoms with Crippen LogP contribution in [0, 0.1) is 5.41 Å². The Hall–Kier alpha value is -1.29. The van der Waals surface area contributed by atoms with E-state index in [9.17, 15) is 4.79 Å². The average Bonchev–Trinajstić information content (AvgIpc) is 2.63. The molecule has 0 unspecified atom stereocenters. The van der Waals surface area contributed by atoms with Crippen molar-refractivity contribution in [2.45, 2.75) is 40.2 Å². The highest BCUT2D eigenvalue weighted by Gasteiger charge is 2.28. The monoisotopic (exact) mass is 238 g/mol. The summed E-state index contributed by atoms with van der Waals surface area (Å²) in [4.78, 5) is 10.9. The first-order valence-corrected chi connectivity index (χ1v) is 5.95. The number of amides is 1. The fourth-order valence-electron chi connectivity index (χ4n) is 1.78. The minimum Gasteiger partial charge on any atom is -0.464 e. The quantitative estimate of drug-likeness (QED) is 0.824. The van der Waals surface area contributed by atoms with Crippen molar-refractivity contribution >= 4 is 5.91 Å². The lowest BCUT2D eigenvalue weighted by molar-refractivity contribution is -0.117. The molecule has 4 nitrogen and oxygen atoms in total. The van der Waals surface area contributed by atoms with Crippen molar-refractivity contribution in [3.05, 3.63) is 23.7 Å². The van der Waals surface area contributed by atoms with Gasteiger partial charge in [-0.3, -0.25) is 10.1 Å².